The minimum atomic E-state index is -1.67. The van der Waals surface area contributed by atoms with Crippen LogP contribution in [0.3, 0.4) is 0 Å². The van der Waals surface area contributed by atoms with Crippen molar-refractivity contribution in [3.63, 3.8) is 0 Å². The number of amides is 2. The van der Waals surface area contributed by atoms with Gasteiger partial charge in [0.05, 0.1) is 39.6 Å². The maximum Gasteiger partial charge on any atom is 0.418 e. The number of carbonyl (C=O) groups is 4. The van der Waals surface area contributed by atoms with E-state index in [9.17, 15) is 18.4 Å². The molecule has 0 spiro atoms. The molecule has 4 aromatic rings. The second-order valence-corrected chi connectivity index (χ2v) is 26.7. The first-order valence-electron chi connectivity index (χ1n) is 30.8. The molecule has 2 atom stereocenters. The average Bonchev–Trinajstić information content (AvgIpc) is 3.68. The van der Waals surface area contributed by atoms with Gasteiger partial charge in [-0.05, 0) is 111 Å². The molecule has 8 rings (SSSR count). The fourth-order valence-electron chi connectivity index (χ4n) is 11.0. The largest absolute Gasteiger partial charge is 0.493 e. The fraction of sp³-hybridized carbons (Fsp3) is 0.588. The number of ether oxygens (including phenoxy) is 8. The fourth-order valence-corrected chi connectivity index (χ4v) is 11.0. The predicted octanol–water partition coefficient (Wildman–Crippen LogP) is 11.2. The summed E-state index contributed by atoms with van der Waals surface area (Å²) in [7, 11) is 0. The minimum Gasteiger partial charge on any atom is -0.493 e. The van der Waals surface area contributed by atoms with E-state index in [-0.39, 0.29) is 59.0 Å². The van der Waals surface area contributed by atoms with Crippen molar-refractivity contribution < 1.29 is 65.9 Å². The van der Waals surface area contributed by atoms with Gasteiger partial charge in [0.15, 0.2) is 11.6 Å². The highest BCUT2D eigenvalue weighted by atomic mass is 19.1. The molecule has 86 heavy (non-hydrogen) atoms. The van der Waals surface area contributed by atoms with Crippen LogP contribution >= 0.6 is 0 Å². The molecule has 0 bridgehead atoms. The van der Waals surface area contributed by atoms with E-state index in [2.05, 4.69) is 37.5 Å². The third kappa shape index (κ3) is 19.0. The first-order chi connectivity index (χ1) is 40.8. The van der Waals surface area contributed by atoms with Gasteiger partial charge in [-0.1, -0.05) is 104 Å². The number of piperidine rings is 2. The van der Waals surface area contributed by atoms with Crippen molar-refractivity contribution in [3.8, 4) is 11.5 Å². The van der Waals surface area contributed by atoms with Gasteiger partial charge in [-0.3, -0.25) is 9.59 Å². The van der Waals surface area contributed by atoms with E-state index in [0.717, 1.165) is 0 Å². The molecular formula is C68H92F2N4O12. The van der Waals surface area contributed by atoms with Crippen LogP contribution in [0.2, 0.25) is 0 Å². The van der Waals surface area contributed by atoms with Crippen LogP contribution in [0.25, 0.3) is 0 Å². The number of hydrogen-bond donors (Lipinski definition) is 0. The first kappa shape index (κ1) is 65.9. The second-order valence-electron chi connectivity index (χ2n) is 26.7. The third-order valence-corrected chi connectivity index (χ3v) is 16.5. The summed E-state index contributed by atoms with van der Waals surface area (Å²) >= 11 is 0. The molecule has 0 saturated carbocycles. The Hall–Kier alpha value is -6.02. The highest BCUT2D eigenvalue weighted by Gasteiger charge is 2.43. The summed E-state index contributed by atoms with van der Waals surface area (Å²) in [5, 5.41) is 0. The molecule has 470 valence electrons. The number of halogens is 2. The Bertz CT molecular complexity index is 2620. The second kappa shape index (κ2) is 29.3. The maximum absolute atomic E-state index is 15.5. The lowest BCUT2D eigenvalue weighted by atomic mass is 9.94. The quantitative estimate of drug-likeness (QED) is 0.0482. The van der Waals surface area contributed by atoms with Gasteiger partial charge < -0.3 is 57.5 Å². The number of benzene rings is 4. The molecule has 2 amide bonds. The average molecular weight is 1200 g/mol. The highest BCUT2D eigenvalue weighted by Crippen LogP contribution is 2.36. The molecule has 4 saturated heterocycles. The summed E-state index contributed by atoms with van der Waals surface area (Å²) in [4.78, 5) is 68.3. The van der Waals surface area contributed by atoms with E-state index in [1.54, 1.807) is 82.6 Å². The molecule has 4 aliphatic heterocycles. The van der Waals surface area contributed by atoms with Crippen LogP contribution in [0, 0.1) is 34.3 Å². The smallest absolute Gasteiger partial charge is 0.418 e. The number of rotatable bonds is 24. The molecule has 18 heteroatoms. The maximum atomic E-state index is 15.5. The van der Waals surface area contributed by atoms with Gasteiger partial charge in [0, 0.05) is 99.2 Å². The topological polar surface area (TPSA) is 155 Å². The minimum absolute atomic E-state index is 0.0460. The molecule has 4 heterocycles. The number of carbonyl (C=O) groups excluding carboxylic acids is 4. The Kier molecular flexibility index (Phi) is 22.5. The summed E-state index contributed by atoms with van der Waals surface area (Å²) < 4.78 is 77.7. The van der Waals surface area contributed by atoms with Gasteiger partial charge in [0.25, 0.3) is 11.8 Å². The van der Waals surface area contributed by atoms with E-state index >= 15 is 9.59 Å². The number of hydrogen-bond acceptors (Lipinski definition) is 14. The summed E-state index contributed by atoms with van der Waals surface area (Å²) in [6.45, 7) is 27.8. The van der Waals surface area contributed by atoms with Gasteiger partial charge in [-0.25, -0.2) is 18.4 Å². The molecule has 4 aromatic carbocycles. The van der Waals surface area contributed by atoms with Crippen LogP contribution in [0.1, 0.15) is 142 Å². The lowest BCUT2D eigenvalue weighted by Crippen LogP contribution is -2.51. The van der Waals surface area contributed by atoms with Crippen LogP contribution < -0.4 is 9.47 Å². The van der Waals surface area contributed by atoms with Crippen LogP contribution in [0.4, 0.5) is 8.78 Å². The number of nitrogens with zero attached hydrogens (tertiary/aromatic N) is 4. The highest BCUT2D eigenvalue weighted by molar-refractivity contribution is 6.30. The molecule has 4 fully saturated rings. The Morgan fingerprint density at radius 2 is 0.814 bits per heavy atom. The van der Waals surface area contributed by atoms with Crippen molar-refractivity contribution in [1.82, 2.24) is 19.6 Å². The summed E-state index contributed by atoms with van der Waals surface area (Å²) in [6.07, 6.45) is 0.196. The lowest BCUT2D eigenvalue weighted by molar-refractivity contribution is -0.292. The van der Waals surface area contributed by atoms with Gasteiger partial charge >= 0.3 is 11.9 Å². The Labute approximate surface area is 508 Å². The van der Waals surface area contributed by atoms with E-state index < -0.39 is 59.2 Å². The molecule has 16 nitrogen and oxygen atoms in total. The van der Waals surface area contributed by atoms with Crippen LogP contribution in [0.5, 0.6) is 11.5 Å². The van der Waals surface area contributed by atoms with Gasteiger partial charge in [0.2, 0.25) is 12.2 Å². The van der Waals surface area contributed by atoms with Crippen molar-refractivity contribution in [2.75, 3.05) is 78.9 Å². The Morgan fingerprint density at radius 1 is 0.500 bits per heavy atom. The summed E-state index contributed by atoms with van der Waals surface area (Å²) in [6, 6.07) is 24.3. The molecule has 0 aromatic heterocycles. The van der Waals surface area contributed by atoms with E-state index in [4.69, 9.17) is 37.9 Å². The Balaban J connectivity index is 1.05. The van der Waals surface area contributed by atoms with Crippen LogP contribution in [0.15, 0.2) is 97.1 Å². The van der Waals surface area contributed by atoms with Crippen molar-refractivity contribution in [1.29, 1.82) is 0 Å². The zero-order valence-electron chi connectivity index (χ0n) is 52.3. The third-order valence-electron chi connectivity index (χ3n) is 16.5. The summed E-state index contributed by atoms with van der Waals surface area (Å²) in [5.74, 6) is -5.02. The molecule has 4 aliphatic rings. The lowest BCUT2D eigenvalue weighted by Gasteiger charge is -2.43. The van der Waals surface area contributed by atoms with Crippen molar-refractivity contribution in [3.05, 3.63) is 131 Å². The first-order valence-corrected chi connectivity index (χ1v) is 30.8. The Morgan fingerprint density at radius 3 is 1.12 bits per heavy atom. The van der Waals surface area contributed by atoms with E-state index in [1.165, 1.54) is 24.3 Å². The van der Waals surface area contributed by atoms with E-state index in [1.807, 2.05) is 41.5 Å². The molecule has 0 radical (unpaired) electrons. The predicted molar refractivity (Wildman–Crippen MR) is 321 cm³/mol. The van der Waals surface area contributed by atoms with Crippen molar-refractivity contribution in [2.24, 2.45) is 22.7 Å². The standard InChI is InChI=1S/C68H92F2N4O12/c1-47(2)41-79-57-23-15-51(16-24-57)59(61(75)73(39-49-11-19-53(69)20-12-49)55-27-33-71(34-28-55)37-31-67(9)81-43-65(5,6)44-82-67)85-63(77)64(78)86-60(52-17-25-58(26-18-52)80-42-48(3)4)62(76)74(40-50-13-21-54(70)22-14-50)56-29-35-72(36-30-56)38-32-68(10)83-45-66(7,8)46-84-68/h11-26,47-48,55-56,59-60H,27-46H2,1-10H3. The van der Waals surface area contributed by atoms with Crippen molar-refractivity contribution >= 4 is 23.8 Å². The molecular weight excluding hydrogens is 1100 g/mol. The van der Waals surface area contributed by atoms with Crippen molar-refractivity contribution in [2.45, 2.75) is 157 Å². The van der Waals surface area contributed by atoms with E-state index in [0.29, 0.717) is 140 Å². The zero-order valence-corrected chi connectivity index (χ0v) is 52.3. The van der Waals surface area contributed by atoms with Gasteiger partial charge in [0.1, 0.15) is 23.1 Å². The van der Waals surface area contributed by atoms with Crippen LogP contribution in [-0.4, -0.2) is 146 Å². The molecule has 0 N–H and O–H groups in total. The molecule has 2 unspecified atom stereocenters. The normalized spacial score (nSPS) is 19.7. The number of esters is 2. The molecule has 0 aliphatic carbocycles. The SMILES string of the molecule is CC(C)COc1ccc(C(OC(=O)C(=O)OC(C(=O)N(Cc2ccc(F)cc2)C2CCN(CCC3(C)OCC(C)(C)CO3)CC2)c2ccc(OCC(C)C)cc2)C(=O)N(Cc2ccc(F)cc2)C2CCN(CCC3(C)OCC(C)(C)CO3)CC2)cc1. The number of likely N-dealkylation sites (tertiary alicyclic amines) is 2. The van der Waals surface area contributed by atoms with Gasteiger partial charge in [-0.15, -0.1) is 0 Å². The summed E-state index contributed by atoms with van der Waals surface area (Å²) in [5.41, 5.74) is 1.67. The van der Waals surface area contributed by atoms with Crippen LogP contribution in [-0.2, 0) is 60.7 Å². The monoisotopic (exact) mass is 1190 g/mol. The zero-order chi connectivity index (χ0) is 61.8. The van der Waals surface area contributed by atoms with Gasteiger partial charge in [-0.2, -0.15) is 0 Å².